The largest absolute Gasteiger partial charge is 0.495 e. The first-order valence-electron chi connectivity index (χ1n) is 6.57. The standard InChI is InChI=1S/C16H14N2O2/c1-20-15-7-2-4-11(10-17)16(15)18-9-8-12-13(18)5-3-6-14(12)19/h2,4,7-9H,3,5-6H2,1H3. The Morgan fingerprint density at radius 3 is 2.90 bits per heavy atom. The van der Waals surface area contributed by atoms with Crippen molar-refractivity contribution >= 4 is 5.78 Å². The van der Waals surface area contributed by atoms with E-state index in [2.05, 4.69) is 6.07 Å². The van der Waals surface area contributed by atoms with Gasteiger partial charge in [0.1, 0.15) is 17.5 Å². The van der Waals surface area contributed by atoms with Crippen molar-refractivity contribution in [2.45, 2.75) is 19.3 Å². The average Bonchev–Trinajstić information content (AvgIpc) is 2.91. The number of fused-ring (bicyclic) bond motifs is 1. The van der Waals surface area contributed by atoms with Gasteiger partial charge in [-0.25, -0.2) is 0 Å². The molecule has 1 aromatic carbocycles. The van der Waals surface area contributed by atoms with Crippen LogP contribution in [0.15, 0.2) is 30.5 Å². The summed E-state index contributed by atoms with van der Waals surface area (Å²) in [6.07, 6.45) is 4.16. The van der Waals surface area contributed by atoms with E-state index in [4.69, 9.17) is 4.74 Å². The van der Waals surface area contributed by atoms with Crippen molar-refractivity contribution in [2.75, 3.05) is 7.11 Å². The number of ketones is 1. The number of hydrogen-bond acceptors (Lipinski definition) is 3. The maximum atomic E-state index is 11.9. The zero-order valence-electron chi connectivity index (χ0n) is 11.2. The molecule has 4 nitrogen and oxygen atoms in total. The average molecular weight is 266 g/mol. The number of ether oxygens (including phenoxy) is 1. The highest BCUT2D eigenvalue weighted by Crippen LogP contribution is 2.31. The van der Waals surface area contributed by atoms with Crippen LogP contribution in [0, 0.1) is 11.3 Å². The van der Waals surface area contributed by atoms with Crippen molar-refractivity contribution < 1.29 is 9.53 Å². The summed E-state index contributed by atoms with van der Waals surface area (Å²) in [5.74, 6) is 0.818. The minimum atomic E-state index is 0.179. The highest BCUT2D eigenvalue weighted by Gasteiger charge is 2.23. The van der Waals surface area contributed by atoms with Gasteiger partial charge >= 0.3 is 0 Å². The molecule has 0 radical (unpaired) electrons. The second-order valence-corrected chi connectivity index (χ2v) is 4.79. The maximum Gasteiger partial charge on any atom is 0.164 e. The highest BCUT2D eigenvalue weighted by atomic mass is 16.5. The third-order valence-electron chi connectivity index (χ3n) is 3.69. The molecule has 2 aromatic rings. The summed E-state index contributed by atoms with van der Waals surface area (Å²) in [6, 6.07) is 9.41. The van der Waals surface area contributed by atoms with Gasteiger partial charge in [0.05, 0.1) is 12.7 Å². The first-order valence-corrected chi connectivity index (χ1v) is 6.57. The number of nitrogens with zero attached hydrogens (tertiary/aromatic N) is 2. The first kappa shape index (κ1) is 12.5. The number of nitriles is 1. The fourth-order valence-corrected chi connectivity index (χ4v) is 2.76. The van der Waals surface area contributed by atoms with Crippen molar-refractivity contribution in [3.63, 3.8) is 0 Å². The van der Waals surface area contributed by atoms with Crippen molar-refractivity contribution in [2.24, 2.45) is 0 Å². The van der Waals surface area contributed by atoms with Crippen LogP contribution in [-0.2, 0) is 6.42 Å². The van der Waals surface area contributed by atoms with E-state index >= 15 is 0 Å². The van der Waals surface area contributed by atoms with Gasteiger partial charge in [-0.3, -0.25) is 4.79 Å². The van der Waals surface area contributed by atoms with Crippen LogP contribution in [0.1, 0.15) is 34.5 Å². The van der Waals surface area contributed by atoms with Crippen LogP contribution in [-0.4, -0.2) is 17.5 Å². The van der Waals surface area contributed by atoms with Gasteiger partial charge < -0.3 is 9.30 Å². The Bertz CT molecular complexity index is 723. The van der Waals surface area contributed by atoms with Gasteiger partial charge in [-0.2, -0.15) is 5.26 Å². The quantitative estimate of drug-likeness (QED) is 0.839. The Hall–Kier alpha value is -2.54. The van der Waals surface area contributed by atoms with E-state index in [-0.39, 0.29) is 5.78 Å². The van der Waals surface area contributed by atoms with Crippen molar-refractivity contribution in [3.05, 3.63) is 47.3 Å². The minimum absolute atomic E-state index is 0.179. The SMILES string of the molecule is COc1cccc(C#N)c1-n1ccc2c1CCCC2=O. The Kier molecular flexibility index (Phi) is 3.03. The lowest BCUT2D eigenvalue weighted by Crippen LogP contribution is -2.13. The molecule has 0 fully saturated rings. The van der Waals surface area contributed by atoms with Crippen LogP contribution in [0.4, 0.5) is 0 Å². The van der Waals surface area contributed by atoms with E-state index in [1.807, 2.05) is 22.9 Å². The lowest BCUT2D eigenvalue weighted by molar-refractivity contribution is 0.0972. The minimum Gasteiger partial charge on any atom is -0.495 e. The van der Waals surface area contributed by atoms with Gasteiger partial charge in [-0.15, -0.1) is 0 Å². The summed E-state index contributed by atoms with van der Waals surface area (Å²) < 4.78 is 7.29. The summed E-state index contributed by atoms with van der Waals surface area (Å²) in [7, 11) is 1.58. The molecule has 0 saturated heterocycles. The molecule has 0 atom stereocenters. The van der Waals surface area contributed by atoms with E-state index in [9.17, 15) is 10.1 Å². The molecule has 0 bridgehead atoms. The molecule has 4 heteroatoms. The molecule has 20 heavy (non-hydrogen) atoms. The van der Waals surface area contributed by atoms with E-state index < -0.39 is 0 Å². The summed E-state index contributed by atoms with van der Waals surface area (Å²) in [4.78, 5) is 11.9. The van der Waals surface area contributed by atoms with Crippen molar-refractivity contribution in [1.29, 1.82) is 5.26 Å². The van der Waals surface area contributed by atoms with Crippen LogP contribution < -0.4 is 4.74 Å². The predicted molar refractivity (Wildman–Crippen MR) is 74.3 cm³/mol. The van der Waals surface area contributed by atoms with E-state index in [1.54, 1.807) is 19.2 Å². The highest BCUT2D eigenvalue weighted by molar-refractivity contribution is 5.98. The third kappa shape index (κ3) is 1.79. The van der Waals surface area contributed by atoms with E-state index in [1.165, 1.54) is 0 Å². The number of carbonyl (C=O) groups excluding carboxylic acids is 1. The Morgan fingerprint density at radius 1 is 1.30 bits per heavy atom. The number of carbonyl (C=O) groups is 1. The van der Waals surface area contributed by atoms with Gasteiger partial charge in [-0.1, -0.05) is 6.07 Å². The van der Waals surface area contributed by atoms with E-state index in [0.29, 0.717) is 23.4 Å². The second-order valence-electron chi connectivity index (χ2n) is 4.79. The van der Waals surface area contributed by atoms with Crippen LogP contribution in [0.5, 0.6) is 5.75 Å². The van der Waals surface area contributed by atoms with E-state index in [0.717, 1.165) is 24.1 Å². The van der Waals surface area contributed by atoms with Gasteiger partial charge in [0.25, 0.3) is 0 Å². The molecule has 100 valence electrons. The number of Topliss-reactive ketones (excluding diaryl/α,β-unsaturated/α-hetero) is 1. The second kappa shape index (κ2) is 4.86. The molecule has 1 aromatic heterocycles. The zero-order chi connectivity index (χ0) is 14.1. The molecule has 0 spiro atoms. The topological polar surface area (TPSA) is 55.0 Å². The predicted octanol–water partition coefficient (Wildman–Crippen LogP) is 2.88. The number of hydrogen-bond donors (Lipinski definition) is 0. The summed E-state index contributed by atoms with van der Waals surface area (Å²) in [5, 5.41) is 9.31. The molecule has 0 saturated carbocycles. The Balaban J connectivity index is 2.25. The summed E-state index contributed by atoms with van der Waals surface area (Å²) in [5.41, 5.74) is 3.00. The summed E-state index contributed by atoms with van der Waals surface area (Å²) >= 11 is 0. The molecule has 0 N–H and O–H groups in total. The van der Waals surface area contributed by atoms with Crippen LogP contribution in [0.25, 0.3) is 5.69 Å². The molecule has 3 rings (SSSR count). The maximum absolute atomic E-state index is 11.9. The molecule has 0 unspecified atom stereocenters. The molecule has 0 aliphatic heterocycles. The van der Waals surface area contributed by atoms with Gasteiger partial charge in [-0.05, 0) is 31.0 Å². The van der Waals surface area contributed by atoms with Crippen molar-refractivity contribution in [3.8, 4) is 17.5 Å². The zero-order valence-corrected chi connectivity index (χ0v) is 11.2. The fraction of sp³-hybridized carbons (Fsp3) is 0.250. The van der Waals surface area contributed by atoms with Crippen LogP contribution in [0.2, 0.25) is 0 Å². The first-order chi connectivity index (χ1) is 9.76. The lowest BCUT2D eigenvalue weighted by atomic mass is 9.96. The monoisotopic (exact) mass is 266 g/mol. The normalized spacial score (nSPS) is 13.7. The van der Waals surface area contributed by atoms with Gasteiger partial charge in [0.2, 0.25) is 0 Å². The molecule has 1 aliphatic carbocycles. The van der Waals surface area contributed by atoms with Crippen LogP contribution >= 0.6 is 0 Å². The van der Waals surface area contributed by atoms with Gasteiger partial charge in [0, 0.05) is 23.9 Å². The molecular weight excluding hydrogens is 252 g/mol. The number of para-hydroxylation sites is 1. The number of rotatable bonds is 2. The Morgan fingerprint density at radius 2 is 2.15 bits per heavy atom. The molecular formula is C16H14N2O2. The van der Waals surface area contributed by atoms with Gasteiger partial charge in [0.15, 0.2) is 5.78 Å². The fourth-order valence-electron chi connectivity index (χ4n) is 2.76. The smallest absolute Gasteiger partial charge is 0.164 e. The summed E-state index contributed by atoms with van der Waals surface area (Å²) in [6.45, 7) is 0. The lowest BCUT2D eigenvalue weighted by Gasteiger charge is -2.17. The van der Waals surface area contributed by atoms with Crippen molar-refractivity contribution in [1.82, 2.24) is 4.57 Å². The number of methoxy groups -OCH3 is 1. The van der Waals surface area contributed by atoms with Crippen LogP contribution in [0.3, 0.4) is 0 Å². The number of benzene rings is 1. The third-order valence-corrected chi connectivity index (χ3v) is 3.69. The molecule has 0 amide bonds. The molecule has 1 heterocycles. The number of aromatic nitrogens is 1. The molecule has 1 aliphatic rings. The Labute approximate surface area is 117 Å².